The van der Waals surface area contributed by atoms with E-state index in [1.807, 2.05) is 0 Å². The first-order chi connectivity index (χ1) is 15.8. The summed E-state index contributed by atoms with van der Waals surface area (Å²) in [6, 6.07) is 12.4. The number of alkyl halides is 6. The largest absolute Gasteiger partial charge is 0.447 e. The summed E-state index contributed by atoms with van der Waals surface area (Å²) in [5.74, 6) is -23.3. The van der Waals surface area contributed by atoms with Gasteiger partial charge in [0.2, 0.25) is 9.84 Å². The standard InChI is InChI=1S/C22H13F7O4S/c23-14-6-10-17(11-7-14)34(30,31)18-12-8-16(9-13-18)33-22(29)20(26,27)19(24,25)21(22,28)32-15-4-2-1-3-5-15/h1-13H. The molecule has 1 fully saturated rings. The zero-order valence-electron chi connectivity index (χ0n) is 16.7. The molecule has 0 spiro atoms. The van der Waals surface area contributed by atoms with E-state index in [1.54, 1.807) is 0 Å². The van der Waals surface area contributed by atoms with Crippen molar-refractivity contribution < 1.29 is 48.6 Å². The predicted molar refractivity (Wildman–Crippen MR) is 104 cm³/mol. The number of benzene rings is 3. The van der Waals surface area contributed by atoms with Crippen LogP contribution in [-0.4, -0.2) is 32.0 Å². The highest BCUT2D eigenvalue weighted by Gasteiger charge is 3.03. The monoisotopic (exact) mass is 506 g/mol. The van der Waals surface area contributed by atoms with E-state index >= 15 is 8.78 Å². The minimum atomic E-state index is -5.64. The summed E-state index contributed by atoms with van der Waals surface area (Å²) < 4.78 is 133. The SMILES string of the molecule is O=S(=O)(c1ccc(F)cc1)c1ccc(OC2(F)C(F)(F)C(F)(F)C2(F)Oc2ccccc2)cc1. The maximum Gasteiger partial charge on any atom is 0.395 e. The Morgan fingerprint density at radius 3 is 1.38 bits per heavy atom. The second-order valence-corrected chi connectivity index (χ2v) is 9.23. The number of hydrogen-bond acceptors (Lipinski definition) is 4. The third-order valence-corrected chi connectivity index (χ3v) is 6.92. The van der Waals surface area contributed by atoms with Crippen LogP contribution in [0.4, 0.5) is 30.7 Å². The molecule has 1 aliphatic carbocycles. The van der Waals surface area contributed by atoms with E-state index in [-0.39, 0.29) is 4.90 Å². The molecule has 1 aliphatic rings. The number of rotatable bonds is 6. The summed E-state index contributed by atoms with van der Waals surface area (Å²) in [5, 5.41) is 0. The zero-order valence-corrected chi connectivity index (χ0v) is 17.5. The molecule has 4 rings (SSSR count). The predicted octanol–water partition coefficient (Wildman–Crippen LogP) is 5.73. The molecular formula is C22H13F7O4S. The number of sulfone groups is 1. The van der Waals surface area contributed by atoms with Gasteiger partial charge >= 0.3 is 23.6 Å². The van der Waals surface area contributed by atoms with E-state index < -0.39 is 55.6 Å². The molecule has 180 valence electrons. The Kier molecular flexibility index (Phi) is 5.35. The van der Waals surface area contributed by atoms with Crippen LogP contribution >= 0.6 is 0 Å². The number of para-hydroxylation sites is 1. The molecule has 0 aromatic heterocycles. The maximum atomic E-state index is 15.1. The van der Waals surface area contributed by atoms with Crippen molar-refractivity contribution in [2.75, 3.05) is 0 Å². The number of halogens is 7. The lowest BCUT2D eigenvalue weighted by Gasteiger charge is -2.55. The van der Waals surface area contributed by atoms with Gasteiger partial charge in [0.25, 0.3) is 0 Å². The Morgan fingerprint density at radius 1 is 0.559 bits per heavy atom. The Labute approximate surface area is 188 Å². The summed E-state index contributed by atoms with van der Waals surface area (Å²) >= 11 is 0. The van der Waals surface area contributed by atoms with Crippen molar-refractivity contribution in [2.45, 2.75) is 33.3 Å². The van der Waals surface area contributed by atoms with Gasteiger partial charge in [-0.25, -0.2) is 12.8 Å². The van der Waals surface area contributed by atoms with E-state index in [1.165, 1.54) is 18.2 Å². The highest BCUT2D eigenvalue weighted by Crippen LogP contribution is 2.68. The van der Waals surface area contributed by atoms with Gasteiger partial charge in [-0.2, -0.15) is 26.3 Å². The van der Waals surface area contributed by atoms with Crippen LogP contribution in [-0.2, 0) is 9.84 Å². The minimum Gasteiger partial charge on any atom is -0.447 e. The highest BCUT2D eigenvalue weighted by atomic mass is 32.2. The van der Waals surface area contributed by atoms with Gasteiger partial charge in [-0.1, -0.05) is 18.2 Å². The Morgan fingerprint density at radius 2 is 0.941 bits per heavy atom. The van der Waals surface area contributed by atoms with Crippen molar-refractivity contribution in [2.24, 2.45) is 0 Å². The third-order valence-electron chi connectivity index (χ3n) is 5.13. The molecule has 0 radical (unpaired) electrons. The molecule has 1 saturated carbocycles. The second kappa shape index (κ2) is 7.62. The van der Waals surface area contributed by atoms with Crippen molar-refractivity contribution in [1.29, 1.82) is 0 Å². The summed E-state index contributed by atoms with van der Waals surface area (Å²) in [6.07, 6.45) is 0. The first kappa shape index (κ1) is 23.9. The molecule has 0 bridgehead atoms. The number of ether oxygens (including phenoxy) is 2. The van der Waals surface area contributed by atoms with Gasteiger partial charge in [0.15, 0.2) is 0 Å². The molecule has 0 heterocycles. The molecule has 34 heavy (non-hydrogen) atoms. The van der Waals surface area contributed by atoms with Crippen LogP contribution in [0.25, 0.3) is 0 Å². The average Bonchev–Trinajstić information content (AvgIpc) is 2.79. The van der Waals surface area contributed by atoms with Crippen molar-refractivity contribution >= 4 is 9.84 Å². The normalized spacial score (nSPS) is 25.3. The lowest BCUT2D eigenvalue weighted by molar-refractivity contribution is -0.527. The summed E-state index contributed by atoms with van der Waals surface area (Å²) in [4.78, 5) is -0.745. The third kappa shape index (κ3) is 3.23. The lowest BCUT2D eigenvalue weighted by Crippen LogP contribution is -2.89. The molecule has 0 N–H and O–H groups in total. The second-order valence-electron chi connectivity index (χ2n) is 7.29. The lowest BCUT2D eigenvalue weighted by atomic mass is 9.76. The van der Waals surface area contributed by atoms with Gasteiger partial charge in [-0.05, 0) is 60.7 Å². The molecule has 0 amide bonds. The van der Waals surface area contributed by atoms with Gasteiger partial charge in [0.05, 0.1) is 9.79 Å². The van der Waals surface area contributed by atoms with Crippen molar-refractivity contribution in [1.82, 2.24) is 0 Å². The molecule has 4 nitrogen and oxygen atoms in total. The van der Waals surface area contributed by atoms with Crippen LogP contribution in [0.3, 0.4) is 0 Å². The summed E-state index contributed by atoms with van der Waals surface area (Å²) in [6.45, 7) is 0. The van der Waals surface area contributed by atoms with E-state index in [9.17, 15) is 30.4 Å². The van der Waals surface area contributed by atoms with Crippen LogP contribution in [0.2, 0.25) is 0 Å². The van der Waals surface area contributed by atoms with Crippen molar-refractivity contribution in [3.63, 3.8) is 0 Å². The van der Waals surface area contributed by atoms with Gasteiger partial charge < -0.3 is 9.47 Å². The van der Waals surface area contributed by atoms with Crippen LogP contribution in [0, 0.1) is 5.82 Å². The van der Waals surface area contributed by atoms with Gasteiger partial charge in [0, 0.05) is 0 Å². The quantitative estimate of drug-likeness (QED) is 0.317. The van der Waals surface area contributed by atoms with E-state index in [2.05, 4.69) is 9.47 Å². The van der Waals surface area contributed by atoms with E-state index in [0.717, 1.165) is 48.5 Å². The topological polar surface area (TPSA) is 52.6 Å². The summed E-state index contributed by atoms with van der Waals surface area (Å²) in [7, 11) is -4.20. The molecule has 2 atom stereocenters. The molecule has 0 saturated heterocycles. The molecule has 2 unspecified atom stereocenters. The average molecular weight is 506 g/mol. The van der Waals surface area contributed by atoms with E-state index in [4.69, 9.17) is 0 Å². The van der Waals surface area contributed by atoms with Crippen molar-refractivity contribution in [3.8, 4) is 11.5 Å². The molecule has 12 heteroatoms. The van der Waals surface area contributed by atoms with Crippen molar-refractivity contribution in [3.05, 3.63) is 84.7 Å². The Hall–Kier alpha value is -3.28. The molecule has 0 aliphatic heterocycles. The maximum absolute atomic E-state index is 15.1. The van der Waals surface area contributed by atoms with Crippen LogP contribution in [0.5, 0.6) is 11.5 Å². The first-order valence-electron chi connectivity index (χ1n) is 9.43. The smallest absolute Gasteiger partial charge is 0.395 e. The van der Waals surface area contributed by atoms with Gasteiger partial charge in [-0.3, -0.25) is 0 Å². The van der Waals surface area contributed by atoms with Crippen LogP contribution < -0.4 is 9.47 Å². The first-order valence-corrected chi connectivity index (χ1v) is 10.9. The Bertz CT molecular complexity index is 1300. The highest BCUT2D eigenvalue weighted by molar-refractivity contribution is 7.91. The van der Waals surface area contributed by atoms with Gasteiger partial charge in [-0.15, -0.1) is 0 Å². The minimum absolute atomic E-state index is 0.311. The fourth-order valence-corrected chi connectivity index (χ4v) is 4.52. The molecule has 3 aromatic carbocycles. The van der Waals surface area contributed by atoms with Gasteiger partial charge in [0.1, 0.15) is 17.3 Å². The fourth-order valence-electron chi connectivity index (χ4n) is 3.25. The fraction of sp³-hybridized carbons (Fsp3) is 0.182. The molecule has 3 aromatic rings. The van der Waals surface area contributed by atoms with Crippen LogP contribution in [0.1, 0.15) is 0 Å². The number of hydrogen-bond donors (Lipinski definition) is 0. The zero-order chi connectivity index (χ0) is 25.0. The van der Waals surface area contributed by atoms with Crippen LogP contribution in [0.15, 0.2) is 88.7 Å². The Balaban J connectivity index is 1.64. The van der Waals surface area contributed by atoms with E-state index in [0.29, 0.717) is 12.1 Å². The molecular weight excluding hydrogens is 493 g/mol. The summed E-state index contributed by atoms with van der Waals surface area (Å²) in [5.41, 5.74) is 0.